The van der Waals surface area contributed by atoms with Gasteiger partial charge in [0.15, 0.2) is 0 Å². The van der Waals surface area contributed by atoms with E-state index in [0.717, 1.165) is 24.2 Å². The number of aromatic nitrogens is 2. The summed E-state index contributed by atoms with van der Waals surface area (Å²) in [6.45, 7) is 3.14. The van der Waals surface area contributed by atoms with Crippen molar-refractivity contribution in [1.82, 2.24) is 14.7 Å². The molecule has 3 aliphatic rings. The highest BCUT2D eigenvalue weighted by molar-refractivity contribution is 5.92. The molecule has 1 amide bonds. The van der Waals surface area contributed by atoms with E-state index >= 15 is 0 Å². The van der Waals surface area contributed by atoms with E-state index in [2.05, 4.69) is 4.90 Å². The molecule has 0 bridgehead atoms. The van der Waals surface area contributed by atoms with E-state index in [1.165, 1.54) is 56.4 Å². The van der Waals surface area contributed by atoms with Gasteiger partial charge in [-0.25, -0.2) is 9.59 Å². The number of rotatable bonds is 7. The number of carboxylic acids is 1. The number of aromatic carboxylic acids is 1. The summed E-state index contributed by atoms with van der Waals surface area (Å²) in [5.74, 6) is -0.475. The summed E-state index contributed by atoms with van der Waals surface area (Å²) < 4.78 is 47.5. The number of benzene rings is 2. The number of halogens is 3. The lowest BCUT2D eigenvalue weighted by Gasteiger charge is -2.37. The number of hydrogen-bond donors (Lipinski definition) is 1. The molecule has 1 aliphatic carbocycles. The molecule has 1 aromatic heterocycles. The summed E-state index contributed by atoms with van der Waals surface area (Å²) in [4.78, 5) is 27.8. The Balaban J connectivity index is 1.15. The second-order valence-electron chi connectivity index (χ2n) is 12.1. The highest BCUT2D eigenvalue weighted by Crippen LogP contribution is 2.37. The van der Waals surface area contributed by atoms with Crippen LogP contribution in [-0.2, 0) is 24.0 Å². The lowest BCUT2D eigenvalue weighted by atomic mass is 9.89. The summed E-state index contributed by atoms with van der Waals surface area (Å²) >= 11 is 0. The van der Waals surface area contributed by atoms with Crippen molar-refractivity contribution in [2.45, 2.75) is 69.8 Å². The predicted octanol–water partition coefficient (Wildman–Crippen LogP) is 6.84. The number of carbonyl (C=O) groups is 2. The summed E-state index contributed by atoms with van der Waals surface area (Å²) in [5, 5.41) is 14.0. The van der Waals surface area contributed by atoms with Crippen molar-refractivity contribution in [3.63, 3.8) is 0 Å². The van der Waals surface area contributed by atoms with Crippen LogP contribution >= 0.6 is 0 Å². The van der Waals surface area contributed by atoms with Crippen LogP contribution in [0, 0.1) is 5.92 Å². The SMILES string of the molecule is O=C(O)c1ccc(N2CC3(CCN(Cc4cn(CC5CCCCC5)nc4-c4ccc(C(F)(F)F)cc4)CC3)OC2=O)cc1. The van der Waals surface area contributed by atoms with Crippen LogP contribution in [0.15, 0.2) is 54.7 Å². The molecule has 3 aromatic rings. The second kappa shape index (κ2) is 11.7. The molecule has 0 atom stereocenters. The van der Waals surface area contributed by atoms with Crippen molar-refractivity contribution in [2.24, 2.45) is 5.92 Å². The third kappa shape index (κ3) is 6.41. The van der Waals surface area contributed by atoms with Crippen molar-refractivity contribution in [3.8, 4) is 11.3 Å². The van der Waals surface area contributed by atoms with Gasteiger partial charge in [-0.3, -0.25) is 14.5 Å². The Morgan fingerprint density at radius 1 is 1.00 bits per heavy atom. The van der Waals surface area contributed by atoms with Gasteiger partial charge >= 0.3 is 18.2 Å². The molecule has 228 valence electrons. The maximum atomic E-state index is 13.2. The molecule has 1 saturated carbocycles. The largest absolute Gasteiger partial charge is 0.478 e. The lowest BCUT2D eigenvalue weighted by molar-refractivity contribution is -0.137. The van der Waals surface area contributed by atoms with E-state index in [0.29, 0.717) is 61.9 Å². The smallest absolute Gasteiger partial charge is 0.416 e. The maximum absolute atomic E-state index is 13.2. The Morgan fingerprint density at radius 3 is 2.30 bits per heavy atom. The monoisotopic (exact) mass is 596 g/mol. The van der Waals surface area contributed by atoms with Gasteiger partial charge in [-0.05, 0) is 55.2 Å². The molecule has 1 N–H and O–H groups in total. The van der Waals surface area contributed by atoms with E-state index < -0.39 is 29.4 Å². The molecule has 0 unspecified atom stereocenters. The minimum absolute atomic E-state index is 0.150. The maximum Gasteiger partial charge on any atom is 0.416 e. The topological polar surface area (TPSA) is 87.9 Å². The minimum Gasteiger partial charge on any atom is -0.478 e. The average molecular weight is 597 g/mol. The lowest BCUT2D eigenvalue weighted by Crippen LogP contribution is -2.46. The molecule has 2 saturated heterocycles. The van der Waals surface area contributed by atoms with Gasteiger partial charge in [0.2, 0.25) is 0 Å². The van der Waals surface area contributed by atoms with Crippen molar-refractivity contribution in [1.29, 1.82) is 0 Å². The fourth-order valence-electron chi connectivity index (χ4n) is 6.59. The summed E-state index contributed by atoms with van der Waals surface area (Å²) in [6, 6.07) is 11.4. The third-order valence-corrected chi connectivity index (χ3v) is 9.05. The zero-order valence-corrected chi connectivity index (χ0v) is 23.9. The summed E-state index contributed by atoms with van der Waals surface area (Å²) in [6.07, 6.45) is 4.50. The van der Waals surface area contributed by atoms with Gasteiger partial charge < -0.3 is 9.84 Å². The highest BCUT2D eigenvalue weighted by atomic mass is 19.4. The number of amides is 1. The first-order chi connectivity index (χ1) is 20.6. The van der Waals surface area contributed by atoms with E-state index in [1.807, 2.05) is 10.9 Å². The Kier molecular flexibility index (Phi) is 7.93. The van der Waals surface area contributed by atoms with E-state index in [1.54, 1.807) is 17.0 Å². The van der Waals surface area contributed by atoms with Crippen LogP contribution in [0.3, 0.4) is 0 Å². The van der Waals surface area contributed by atoms with Crippen LogP contribution in [0.1, 0.15) is 66.4 Å². The van der Waals surface area contributed by atoms with Crippen LogP contribution in [-0.4, -0.2) is 57.1 Å². The number of ether oxygens (including phenoxy) is 1. The Bertz CT molecular complexity index is 1460. The first-order valence-corrected chi connectivity index (χ1v) is 14.9. The van der Waals surface area contributed by atoms with Crippen LogP contribution in [0.4, 0.5) is 23.7 Å². The van der Waals surface area contributed by atoms with E-state index in [-0.39, 0.29) is 5.56 Å². The minimum atomic E-state index is -4.40. The first-order valence-electron chi connectivity index (χ1n) is 14.9. The highest BCUT2D eigenvalue weighted by Gasteiger charge is 2.47. The van der Waals surface area contributed by atoms with Crippen molar-refractivity contribution in [3.05, 3.63) is 71.4 Å². The Hall–Kier alpha value is -3.86. The molecule has 3 heterocycles. The van der Waals surface area contributed by atoms with E-state index in [9.17, 15) is 22.8 Å². The van der Waals surface area contributed by atoms with Crippen LogP contribution in [0.5, 0.6) is 0 Å². The molecule has 0 radical (unpaired) electrons. The number of nitrogens with zero attached hydrogens (tertiary/aromatic N) is 4. The van der Waals surface area contributed by atoms with Gasteiger partial charge in [0.1, 0.15) is 5.60 Å². The fourth-order valence-corrected chi connectivity index (χ4v) is 6.59. The molecule has 8 nitrogen and oxygen atoms in total. The van der Waals surface area contributed by atoms with E-state index in [4.69, 9.17) is 14.9 Å². The van der Waals surface area contributed by atoms with Gasteiger partial charge in [-0.1, -0.05) is 31.4 Å². The van der Waals surface area contributed by atoms with Gasteiger partial charge in [-0.15, -0.1) is 0 Å². The predicted molar refractivity (Wildman–Crippen MR) is 154 cm³/mol. The van der Waals surface area contributed by atoms with Crippen molar-refractivity contribution < 1.29 is 32.6 Å². The molecule has 2 aliphatic heterocycles. The number of anilines is 1. The standard InChI is InChI=1S/C32H35F3N4O4/c33-32(34,35)26-10-6-23(7-11-26)28-25(20-38(36-28)18-22-4-2-1-3-5-22)19-37-16-14-31(15-17-37)21-39(30(42)43-31)27-12-8-24(9-13-27)29(40)41/h6-13,20,22H,1-5,14-19,21H2,(H,40,41). The number of carboxylic acid groups (broad SMARTS) is 1. The van der Waals surface area contributed by atoms with Crippen LogP contribution in [0.25, 0.3) is 11.3 Å². The molecule has 1 spiro atoms. The number of carbonyl (C=O) groups excluding carboxylic acids is 1. The van der Waals surface area contributed by atoms with Crippen molar-refractivity contribution >= 4 is 17.7 Å². The number of hydrogen-bond acceptors (Lipinski definition) is 5. The average Bonchev–Trinajstić information content (AvgIpc) is 3.54. The second-order valence-corrected chi connectivity index (χ2v) is 12.1. The van der Waals surface area contributed by atoms with Crippen LogP contribution < -0.4 is 4.90 Å². The van der Waals surface area contributed by atoms with Gasteiger partial charge in [0.25, 0.3) is 0 Å². The Labute approximate surface area is 248 Å². The molecular formula is C32H35F3N4O4. The molecule has 43 heavy (non-hydrogen) atoms. The van der Waals surface area contributed by atoms with Gasteiger partial charge in [0.05, 0.1) is 23.4 Å². The zero-order valence-electron chi connectivity index (χ0n) is 23.9. The third-order valence-electron chi connectivity index (χ3n) is 9.05. The van der Waals surface area contributed by atoms with Crippen LogP contribution in [0.2, 0.25) is 0 Å². The van der Waals surface area contributed by atoms with Crippen molar-refractivity contribution in [2.75, 3.05) is 24.5 Å². The summed E-state index contributed by atoms with van der Waals surface area (Å²) in [5.41, 5.74) is 1.77. The molecule has 11 heteroatoms. The molecule has 2 aromatic carbocycles. The number of alkyl halides is 3. The van der Waals surface area contributed by atoms with Gasteiger partial charge in [-0.2, -0.15) is 18.3 Å². The fraction of sp³-hybridized carbons (Fsp3) is 0.469. The molecule has 6 rings (SSSR count). The molecular weight excluding hydrogens is 561 g/mol. The Morgan fingerprint density at radius 2 is 1.67 bits per heavy atom. The molecule has 3 fully saturated rings. The quantitative estimate of drug-likeness (QED) is 0.321. The number of likely N-dealkylation sites (tertiary alicyclic amines) is 1. The normalized spacial score (nSPS) is 19.6. The summed E-state index contributed by atoms with van der Waals surface area (Å²) in [7, 11) is 0. The zero-order chi connectivity index (χ0) is 30.2. The number of piperidine rings is 1. The van der Waals surface area contributed by atoms with Gasteiger partial charge in [0, 0.05) is 62.0 Å². The first kappa shape index (κ1) is 29.2.